The fraction of sp³-hybridized carbons (Fsp3) is 0.0769. The first-order valence-corrected chi connectivity index (χ1v) is 5.09. The summed E-state index contributed by atoms with van der Waals surface area (Å²) in [6.07, 6.45) is 0. The minimum atomic E-state index is 0.668. The van der Waals surface area contributed by atoms with Crippen molar-refractivity contribution in [1.29, 1.82) is 0 Å². The van der Waals surface area contributed by atoms with Gasteiger partial charge in [0.2, 0.25) is 0 Å². The lowest BCUT2D eigenvalue weighted by atomic mass is 10.0. The number of rotatable bonds is 1. The summed E-state index contributed by atoms with van der Waals surface area (Å²) >= 11 is 0. The molecule has 0 heterocycles. The molecular formula is C13H15N3. The molecule has 0 fully saturated rings. The molecule has 0 radical (unpaired) electrons. The van der Waals surface area contributed by atoms with Gasteiger partial charge in [0.15, 0.2) is 0 Å². The zero-order valence-electron chi connectivity index (χ0n) is 9.20. The van der Waals surface area contributed by atoms with E-state index >= 15 is 0 Å². The summed E-state index contributed by atoms with van der Waals surface area (Å²) < 4.78 is 0. The first-order chi connectivity index (χ1) is 7.56. The van der Waals surface area contributed by atoms with Crippen molar-refractivity contribution < 1.29 is 0 Å². The van der Waals surface area contributed by atoms with E-state index in [4.69, 9.17) is 17.2 Å². The van der Waals surface area contributed by atoms with Crippen LogP contribution in [0.5, 0.6) is 0 Å². The second kappa shape index (κ2) is 3.77. The van der Waals surface area contributed by atoms with Crippen LogP contribution in [0.2, 0.25) is 0 Å². The van der Waals surface area contributed by atoms with E-state index in [-0.39, 0.29) is 0 Å². The SMILES string of the molecule is Cc1cc(N)cc(-c2ccc(N)cc2N)c1. The predicted octanol–water partition coefficient (Wildman–Crippen LogP) is 2.41. The van der Waals surface area contributed by atoms with E-state index in [1.54, 1.807) is 6.07 Å². The average molecular weight is 213 g/mol. The lowest BCUT2D eigenvalue weighted by Gasteiger charge is -2.08. The van der Waals surface area contributed by atoms with Crippen molar-refractivity contribution in [2.75, 3.05) is 17.2 Å². The van der Waals surface area contributed by atoms with Gasteiger partial charge in [0.1, 0.15) is 0 Å². The molecule has 0 spiro atoms. The molecule has 0 unspecified atom stereocenters. The molecule has 0 bridgehead atoms. The van der Waals surface area contributed by atoms with Gasteiger partial charge in [-0.2, -0.15) is 0 Å². The number of benzene rings is 2. The molecule has 0 atom stereocenters. The molecule has 82 valence electrons. The maximum Gasteiger partial charge on any atom is 0.0414 e. The first-order valence-electron chi connectivity index (χ1n) is 5.09. The largest absolute Gasteiger partial charge is 0.399 e. The van der Waals surface area contributed by atoms with Gasteiger partial charge in [-0.1, -0.05) is 12.1 Å². The predicted molar refractivity (Wildman–Crippen MR) is 69.9 cm³/mol. The molecule has 3 heteroatoms. The molecule has 3 nitrogen and oxygen atoms in total. The zero-order chi connectivity index (χ0) is 11.7. The van der Waals surface area contributed by atoms with Crippen molar-refractivity contribution in [1.82, 2.24) is 0 Å². The van der Waals surface area contributed by atoms with Crippen LogP contribution in [0.4, 0.5) is 17.1 Å². The van der Waals surface area contributed by atoms with Crippen LogP contribution in [0, 0.1) is 6.92 Å². The Kier molecular flexibility index (Phi) is 2.44. The quantitative estimate of drug-likeness (QED) is 0.636. The van der Waals surface area contributed by atoms with Crippen molar-refractivity contribution >= 4 is 17.1 Å². The van der Waals surface area contributed by atoms with Gasteiger partial charge in [-0.3, -0.25) is 0 Å². The normalized spacial score (nSPS) is 10.3. The highest BCUT2D eigenvalue weighted by molar-refractivity contribution is 5.80. The van der Waals surface area contributed by atoms with Gasteiger partial charge in [-0.15, -0.1) is 0 Å². The van der Waals surface area contributed by atoms with E-state index in [0.717, 1.165) is 22.4 Å². The van der Waals surface area contributed by atoms with Crippen LogP contribution in [0.15, 0.2) is 36.4 Å². The van der Waals surface area contributed by atoms with E-state index in [9.17, 15) is 0 Å². The summed E-state index contributed by atoms with van der Waals surface area (Å²) in [5, 5.41) is 0. The second-order valence-electron chi connectivity index (χ2n) is 3.98. The maximum absolute atomic E-state index is 5.93. The molecule has 2 aromatic carbocycles. The molecular weight excluding hydrogens is 198 g/mol. The number of aryl methyl sites for hydroxylation is 1. The summed E-state index contributed by atoms with van der Waals surface area (Å²) in [7, 11) is 0. The standard InChI is InChI=1S/C13H15N3/c1-8-4-9(6-11(15)5-8)12-3-2-10(14)7-13(12)16/h2-7H,14-16H2,1H3. The van der Waals surface area contributed by atoms with Gasteiger partial charge >= 0.3 is 0 Å². The van der Waals surface area contributed by atoms with Crippen LogP contribution >= 0.6 is 0 Å². The van der Waals surface area contributed by atoms with Crippen LogP contribution in [0.25, 0.3) is 11.1 Å². The molecule has 0 aliphatic carbocycles. The van der Waals surface area contributed by atoms with Gasteiger partial charge in [0.05, 0.1) is 0 Å². The third-order valence-corrected chi connectivity index (χ3v) is 2.49. The van der Waals surface area contributed by atoms with Crippen molar-refractivity contribution in [3.8, 4) is 11.1 Å². The molecule has 2 aromatic rings. The van der Waals surface area contributed by atoms with E-state index in [1.165, 1.54) is 0 Å². The number of hydrogen-bond donors (Lipinski definition) is 3. The Morgan fingerprint density at radius 1 is 0.812 bits per heavy atom. The smallest absolute Gasteiger partial charge is 0.0414 e. The van der Waals surface area contributed by atoms with Crippen LogP contribution in [0.3, 0.4) is 0 Å². The lowest BCUT2D eigenvalue weighted by molar-refractivity contribution is 1.47. The van der Waals surface area contributed by atoms with Gasteiger partial charge < -0.3 is 17.2 Å². The Balaban J connectivity index is 2.58. The Hall–Kier alpha value is -2.16. The third kappa shape index (κ3) is 1.93. The van der Waals surface area contributed by atoms with Gasteiger partial charge in [0, 0.05) is 22.6 Å². The highest BCUT2D eigenvalue weighted by atomic mass is 14.6. The molecule has 0 aliphatic heterocycles. The topological polar surface area (TPSA) is 78.1 Å². The highest BCUT2D eigenvalue weighted by Crippen LogP contribution is 2.29. The first kappa shape index (κ1) is 10.4. The molecule has 0 amide bonds. The fourth-order valence-electron chi connectivity index (χ4n) is 1.81. The summed E-state index contributed by atoms with van der Waals surface area (Å²) in [4.78, 5) is 0. The van der Waals surface area contributed by atoms with Crippen LogP contribution in [-0.2, 0) is 0 Å². The van der Waals surface area contributed by atoms with Gasteiger partial charge in [-0.05, 0) is 42.3 Å². The Morgan fingerprint density at radius 3 is 2.19 bits per heavy atom. The molecule has 2 rings (SSSR count). The fourth-order valence-corrected chi connectivity index (χ4v) is 1.81. The van der Waals surface area contributed by atoms with Crippen molar-refractivity contribution in [2.24, 2.45) is 0 Å². The maximum atomic E-state index is 5.93. The molecule has 0 saturated heterocycles. The summed E-state index contributed by atoms with van der Waals surface area (Å²) in [5.74, 6) is 0. The third-order valence-electron chi connectivity index (χ3n) is 2.49. The molecule has 16 heavy (non-hydrogen) atoms. The zero-order valence-corrected chi connectivity index (χ0v) is 9.20. The van der Waals surface area contributed by atoms with Crippen molar-refractivity contribution in [2.45, 2.75) is 6.92 Å². The van der Waals surface area contributed by atoms with E-state index in [1.807, 2.05) is 31.2 Å². The number of hydrogen-bond acceptors (Lipinski definition) is 3. The van der Waals surface area contributed by atoms with E-state index in [0.29, 0.717) is 11.4 Å². The lowest BCUT2D eigenvalue weighted by Crippen LogP contribution is -1.94. The Labute approximate surface area is 94.9 Å². The minimum absolute atomic E-state index is 0.668. The number of nitrogen functional groups attached to an aromatic ring is 3. The molecule has 6 N–H and O–H groups in total. The molecule has 0 aliphatic rings. The van der Waals surface area contributed by atoms with Crippen molar-refractivity contribution in [3.63, 3.8) is 0 Å². The monoisotopic (exact) mass is 213 g/mol. The van der Waals surface area contributed by atoms with Crippen LogP contribution < -0.4 is 17.2 Å². The van der Waals surface area contributed by atoms with Gasteiger partial charge in [-0.25, -0.2) is 0 Å². The van der Waals surface area contributed by atoms with Crippen molar-refractivity contribution in [3.05, 3.63) is 42.0 Å². The van der Waals surface area contributed by atoms with E-state index in [2.05, 4.69) is 6.07 Å². The Bertz CT molecular complexity index is 512. The molecule has 0 saturated carbocycles. The average Bonchev–Trinajstić information content (AvgIpc) is 2.15. The van der Waals surface area contributed by atoms with Crippen LogP contribution in [0.1, 0.15) is 5.56 Å². The summed E-state index contributed by atoms with van der Waals surface area (Å²) in [6.45, 7) is 2.01. The Morgan fingerprint density at radius 2 is 1.56 bits per heavy atom. The van der Waals surface area contributed by atoms with E-state index < -0.39 is 0 Å². The minimum Gasteiger partial charge on any atom is -0.399 e. The van der Waals surface area contributed by atoms with Crippen LogP contribution in [-0.4, -0.2) is 0 Å². The number of nitrogens with two attached hydrogens (primary N) is 3. The summed E-state index contributed by atoms with van der Waals surface area (Å²) in [5.41, 5.74) is 22.6. The van der Waals surface area contributed by atoms with Gasteiger partial charge in [0.25, 0.3) is 0 Å². The summed E-state index contributed by atoms with van der Waals surface area (Å²) in [6, 6.07) is 11.4. The second-order valence-corrected chi connectivity index (χ2v) is 3.98. The highest BCUT2D eigenvalue weighted by Gasteiger charge is 2.04. The number of anilines is 3. The molecule has 0 aromatic heterocycles.